The van der Waals surface area contributed by atoms with Gasteiger partial charge in [-0.05, 0) is 17.7 Å². The lowest BCUT2D eigenvalue weighted by molar-refractivity contribution is 0.0701. The highest BCUT2D eigenvalue weighted by molar-refractivity contribution is 6.32. The first-order chi connectivity index (χ1) is 15.6. The van der Waals surface area contributed by atoms with Crippen LogP contribution in [0, 0.1) is 0 Å². The number of para-hydroxylation sites is 1. The van der Waals surface area contributed by atoms with Crippen LogP contribution in [-0.2, 0) is 0 Å². The quantitative estimate of drug-likeness (QED) is 0.551. The van der Waals surface area contributed by atoms with E-state index in [1.165, 1.54) is 12.3 Å². The van der Waals surface area contributed by atoms with Crippen LogP contribution in [0.5, 0.6) is 11.5 Å². The van der Waals surface area contributed by atoms with E-state index in [1.807, 2.05) is 59.6 Å². The topological polar surface area (TPSA) is 75.0 Å². The van der Waals surface area contributed by atoms with E-state index in [4.69, 9.17) is 16.3 Å². The molecule has 0 aliphatic carbocycles. The second-order valence-electron chi connectivity index (χ2n) is 7.58. The van der Waals surface area contributed by atoms with Gasteiger partial charge in [0.1, 0.15) is 25.1 Å². The van der Waals surface area contributed by atoms with Crippen LogP contribution >= 0.6 is 11.6 Å². The average molecular weight is 466 g/mol. The molecule has 1 aromatic heterocycles. The molecule has 0 fully saturated rings. The van der Waals surface area contributed by atoms with Crippen LogP contribution in [-0.4, -0.2) is 40.4 Å². The minimum atomic E-state index is -0.603. The number of pyridine rings is 1. The first kappa shape index (κ1) is 22.5. The first-order valence-electron chi connectivity index (χ1n) is 10.2. The standard InChI is InChI=1S/C24H20ClN3O4.CH4/c25-18-10-6-9-17-20(16-7-2-1-3-8-16)28-15-26(12-4-5-14-32-23(17)18)24(31)21-22(30)19(29)11-13-27(21)28;/h1-11,13,20,30H,12,14-15H2;1H4/b5-4-;/t20-;/m1./s1. The molecule has 2 aromatic carbocycles. The Hall–Kier alpha value is -3.71. The highest BCUT2D eigenvalue weighted by Gasteiger charge is 2.37. The number of benzene rings is 2. The van der Waals surface area contributed by atoms with E-state index < -0.39 is 23.1 Å². The van der Waals surface area contributed by atoms with Crippen molar-refractivity contribution in [3.8, 4) is 11.5 Å². The summed E-state index contributed by atoms with van der Waals surface area (Å²) in [5.41, 5.74) is 1.07. The molecule has 3 heterocycles. The van der Waals surface area contributed by atoms with Crippen molar-refractivity contribution < 1.29 is 14.6 Å². The van der Waals surface area contributed by atoms with Crippen LogP contribution in [0.3, 0.4) is 0 Å². The summed E-state index contributed by atoms with van der Waals surface area (Å²) in [5.74, 6) is -0.440. The molecule has 0 spiro atoms. The van der Waals surface area contributed by atoms with E-state index in [0.29, 0.717) is 17.3 Å². The Kier molecular flexibility index (Phi) is 6.16. The number of amides is 1. The smallest absolute Gasteiger partial charge is 0.278 e. The number of halogens is 1. The molecular weight excluding hydrogens is 442 g/mol. The summed E-state index contributed by atoms with van der Waals surface area (Å²) in [6, 6.07) is 16.2. The Bertz CT molecular complexity index is 1270. The van der Waals surface area contributed by atoms with E-state index in [2.05, 4.69) is 0 Å². The normalized spacial score (nSPS) is 18.2. The van der Waals surface area contributed by atoms with Crippen LogP contribution in [0.25, 0.3) is 0 Å². The maximum absolute atomic E-state index is 13.2. The third-order valence-electron chi connectivity index (χ3n) is 5.66. The van der Waals surface area contributed by atoms with Gasteiger partial charge in [0.25, 0.3) is 5.91 Å². The summed E-state index contributed by atoms with van der Waals surface area (Å²) in [6.45, 7) is 0.813. The SMILES string of the molecule is C.O=C1c2c(O)c(=O)ccn2N2CN1C/C=C\COc1c(Cl)cccc1[C@H]2c1ccccc1. The van der Waals surface area contributed by atoms with Gasteiger partial charge in [-0.15, -0.1) is 0 Å². The van der Waals surface area contributed by atoms with E-state index in [1.54, 1.807) is 15.6 Å². The number of carbonyl (C=O) groups is 1. The van der Waals surface area contributed by atoms with Gasteiger partial charge in [0, 0.05) is 24.4 Å². The highest BCUT2D eigenvalue weighted by Crippen LogP contribution is 2.40. The van der Waals surface area contributed by atoms with Gasteiger partial charge in [-0.2, -0.15) is 0 Å². The van der Waals surface area contributed by atoms with Crippen molar-refractivity contribution in [1.82, 2.24) is 9.58 Å². The number of ether oxygens (including phenoxy) is 1. The van der Waals surface area contributed by atoms with Gasteiger partial charge in [-0.1, -0.05) is 67.6 Å². The molecular formula is C25H24ClN3O4. The Morgan fingerprint density at radius 3 is 2.58 bits per heavy atom. The summed E-state index contributed by atoms with van der Waals surface area (Å²) < 4.78 is 7.61. The Balaban J connectivity index is 0.00000259. The minimum Gasteiger partial charge on any atom is -0.502 e. The van der Waals surface area contributed by atoms with Crippen LogP contribution in [0.2, 0.25) is 5.02 Å². The van der Waals surface area contributed by atoms with Gasteiger partial charge in [0.05, 0.1) is 5.02 Å². The fourth-order valence-electron chi connectivity index (χ4n) is 4.18. The molecule has 2 aliphatic rings. The molecule has 2 bridgehead atoms. The van der Waals surface area contributed by atoms with Crippen molar-refractivity contribution in [3.05, 3.63) is 105 Å². The average Bonchev–Trinajstić information content (AvgIpc) is 2.83. The van der Waals surface area contributed by atoms with Crippen molar-refractivity contribution in [2.45, 2.75) is 13.5 Å². The Morgan fingerprint density at radius 1 is 1.00 bits per heavy atom. The fraction of sp³-hybridized carbons (Fsp3) is 0.200. The van der Waals surface area contributed by atoms with Crippen LogP contribution < -0.4 is 15.2 Å². The van der Waals surface area contributed by atoms with Crippen molar-refractivity contribution in [1.29, 1.82) is 0 Å². The Labute approximate surface area is 196 Å². The third-order valence-corrected chi connectivity index (χ3v) is 5.96. The molecule has 8 heteroatoms. The van der Waals surface area contributed by atoms with E-state index in [0.717, 1.165) is 11.1 Å². The zero-order valence-electron chi connectivity index (χ0n) is 17.0. The summed E-state index contributed by atoms with van der Waals surface area (Å²) >= 11 is 6.54. The summed E-state index contributed by atoms with van der Waals surface area (Å²) in [4.78, 5) is 26.9. The molecule has 7 nitrogen and oxygen atoms in total. The van der Waals surface area contributed by atoms with Gasteiger partial charge in [-0.3, -0.25) is 19.3 Å². The largest absolute Gasteiger partial charge is 0.502 e. The number of hydrogen-bond donors (Lipinski definition) is 1. The Morgan fingerprint density at radius 2 is 1.79 bits per heavy atom. The molecule has 3 aromatic rings. The number of rotatable bonds is 1. The van der Waals surface area contributed by atoms with Gasteiger partial charge < -0.3 is 14.7 Å². The van der Waals surface area contributed by atoms with Crippen molar-refractivity contribution >= 4 is 17.5 Å². The maximum atomic E-state index is 13.2. The van der Waals surface area contributed by atoms with Crippen molar-refractivity contribution in [2.24, 2.45) is 0 Å². The van der Waals surface area contributed by atoms with Gasteiger partial charge in [0.15, 0.2) is 11.4 Å². The summed E-state index contributed by atoms with van der Waals surface area (Å²) in [7, 11) is 0. The summed E-state index contributed by atoms with van der Waals surface area (Å²) in [6.07, 6.45) is 5.16. The number of nitrogens with zero attached hydrogens (tertiary/aromatic N) is 3. The third kappa shape index (κ3) is 3.85. The number of carbonyl (C=O) groups excluding carboxylic acids is 1. The molecule has 170 valence electrons. The number of aromatic hydroxyl groups is 1. The van der Waals surface area contributed by atoms with E-state index in [-0.39, 0.29) is 26.4 Å². The zero-order valence-corrected chi connectivity index (χ0v) is 17.8. The first-order valence-corrected chi connectivity index (χ1v) is 10.6. The van der Waals surface area contributed by atoms with Gasteiger partial charge in [-0.25, -0.2) is 0 Å². The van der Waals surface area contributed by atoms with E-state index in [9.17, 15) is 14.7 Å². The molecule has 33 heavy (non-hydrogen) atoms. The molecule has 0 saturated carbocycles. The highest BCUT2D eigenvalue weighted by atomic mass is 35.5. The summed E-state index contributed by atoms with van der Waals surface area (Å²) in [5, 5.41) is 12.9. The predicted octanol–water partition coefficient (Wildman–Crippen LogP) is 3.93. The molecule has 2 aliphatic heterocycles. The maximum Gasteiger partial charge on any atom is 0.278 e. The number of hydrogen-bond acceptors (Lipinski definition) is 5. The molecule has 1 atom stereocenters. The van der Waals surface area contributed by atoms with Crippen LogP contribution in [0.15, 0.2) is 77.7 Å². The fourth-order valence-corrected chi connectivity index (χ4v) is 4.41. The number of fused-ring (bicyclic) bond motifs is 5. The second-order valence-corrected chi connectivity index (χ2v) is 7.99. The van der Waals surface area contributed by atoms with Gasteiger partial charge >= 0.3 is 0 Å². The molecule has 5 rings (SSSR count). The van der Waals surface area contributed by atoms with Crippen molar-refractivity contribution in [3.63, 3.8) is 0 Å². The molecule has 1 amide bonds. The van der Waals surface area contributed by atoms with E-state index >= 15 is 0 Å². The minimum absolute atomic E-state index is 0. The molecule has 0 saturated heterocycles. The molecule has 0 radical (unpaired) electrons. The lowest BCUT2D eigenvalue weighted by atomic mass is 9.97. The number of aromatic nitrogens is 1. The zero-order chi connectivity index (χ0) is 22.2. The van der Waals surface area contributed by atoms with Crippen molar-refractivity contribution in [2.75, 3.05) is 24.8 Å². The van der Waals surface area contributed by atoms with Crippen LogP contribution in [0.1, 0.15) is 35.1 Å². The van der Waals surface area contributed by atoms with Gasteiger partial charge in [0.2, 0.25) is 5.43 Å². The molecule has 1 N–H and O–H groups in total. The monoisotopic (exact) mass is 465 g/mol. The lowest BCUT2D eigenvalue weighted by Gasteiger charge is -2.43. The van der Waals surface area contributed by atoms with Crippen LogP contribution in [0.4, 0.5) is 0 Å². The predicted molar refractivity (Wildman–Crippen MR) is 128 cm³/mol. The second kappa shape index (κ2) is 9.03. The molecule has 0 unspecified atom stereocenters. The lowest BCUT2D eigenvalue weighted by Crippen LogP contribution is -2.55.